The van der Waals surface area contributed by atoms with Gasteiger partial charge in [0.25, 0.3) is 0 Å². The topological polar surface area (TPSA) is 21.7 Å². The Morgan fingerprint density at radius 2 is 1.73 bits per heavy atom. The molecule has 0 amide bonds. The summed E-state index contributed by atoms with van der Waals surface area (Å²) >= 11 is 0. The minimum atomic E-state index is -0.464. The first-order valence-corrected chi connectivity index (χ1v) is 7.68. The molecule has 0 N–H and O–H groups in total. The fraction of sp³-hybridized carbons (Fsp3) is 0.368. The van der Waals surface area contributed by atoms with Crippen LogP contribution in [0.4, 0.5) is 0 Å². The molecular formula is C19H23NO2. The Morgan fingerprint density at radius 3 is 2.45 bits per heavy atom. The Morgan fingerprint density at radius 1 is 1.05 bits per heavy atom. The third-order valence-corrected chi connectivity index (χ3v) is 4.42. The van der Waals surface area contributed by atoms with Gasteiger partial charge in [-0.1, -0.05) is 42.5 Å². The first-order valence-electron chi connectivity index (χ1n) is 7.68. The van der Waals surface area contributed by atoms with Crippen LogP contribution in [0.5, 0.6) is 5.75 Å². The summed E-state index contributed by atoms with van der Waals surface area (Å²) < 4.78 is 12.2. The van der Waals surface area contributed by atoms with Crippen molar-refractivity contribution in [1.29, 1.82) is 0 Å². The summed E-state index contributed by atoms with van der Waals surface area (Å²) in [6.45, 7) is 1.52. The normalized spacial score (nSPS) is 20.0. The molecule has 3 heteroatoms. The number of rotatable bonds is 4. The number of para-hydroxylation sites is 1. The van der Waals surface area contributed by atoms with Crippen LogP contribution in [0.3, 0.4) is 0 Å². The van der Waals surface area contributed by atoms with Crippen LogP contribution in [0.1, 0.15) is 23.1 Å². The highest BCUT2D eigenvalue weighted by molar-refractivity contribution is 5.49. The Labute approximate surface area is 132 Å². The van der Waals surface area contributed by atoms with Gasteiger partial charge in [0.15, 0.2) is 0 Å². The summed E-state index contributed by atoms with van der Waals surface area (Å²) in [7, 11) is 5.98. The fourth-order valence-corrected chi connectivity index (χ4v) is 3.24. The third kappa shape index (κ3) is 2.51. The van der Waals surface area contributed by atoms with Crippen LogP contribution in [0.15, 0.2) is 48.5 Å². The summed E-state index contributed by atoms with van der Waals surface area (Å²) in [6.07, 6.45) is 0.883. The largest absolute Gasteiger partial charge is 0.488 e. The van der Waals surface area contributed by atoms with E-state index >= 15 is 0 Å². The van der Waals surface area contributed by atoms with E-state index in [9.17, 15) is 0 Å². The number of fused-ring (bicyclic) bond motifs is 2. The van der Waals surface area contributed by atoms with E-state index in [1.807, 2.05) is 12.1 Å². The molecule has 116 valence electrons. The Balaban J connectivity index is 2.20. The molecule has 0 bridgehead atoms. The number of hydrogen-bond donors (Lipinski definition) is 0. The molecule has 1 unspecified atom stereocenters. The summed E-state index contributed by atoms with van der Waals surface area (Å²) in [5.74, 6) is 0.916. The Kier molecular flexibility index (Phi) is 4.19. The molecule has 1 aliphatic rings. The summed E-state index contributed by atoms with van der Waals surface area (Å²) in [6, 6.07) is 16.7. The van der Waals surface area contributed by atoms with Crippen molar-refractivity contribution >= 4 is 0 Å². The molecule has 0 fully saturated rings. The van der Waals surface area contributed by atoms with Crippen molar-refractivity contribution in [2.75, 3.05) is 27.7 Å². The molecule has 0 saturated carbocycles. The van der Waals surface area contributed by atoms with E-state index in [0.29, 0.717) is 6.61 Å². The highest BCUT2D eigenvalue weighted by atomic mass is 16.5. The molecule has 3 rings (SSSR count). The number of ether oxygens (including phenoxy) is 2. The van der Waals surface area contributed by atoms with E-state index in [1.54, 1.807) is 7.11 Å². The van der Waals surface area contributed by atoms with Crippen LogP contribution >= 0.6 is 0 Å². The van der Waals surface area contributed by atoms with Gasteiger partial charge in [0.05, 0.1) is 0 Å². The average molecular weight is 297 g/mol. The predicted octanol–water partition coefficient (Wildman–Crippen LogP) is 3.42. The lowest BCUT2D eigenvalue weighted by Crippen LogP contribution is -2.34. The maximum absolute atomic E-state index is 6.16. The van der Waals surface area contributed by atoms with Crippen LogP contribution in [0.25, 0.3) is 0 Å². The van der Waals surface area contributed by atoms with Crippen LogP contribution in [0.2, 0.25) is 0 Å². The molecule has 1 heterocycles. The molecule has 1 atom stereocenters. The second-order valence-electron chi connectivity index (χ2n) is 6.03. The fourth-order valence-electron chi connectivity index (χ4n) is 3.24. The van der Waals surface area contributed by atoms with Gasteiger partial charge in [-0.2, -0.15) is 0 Å². The lowest BCUT2D eigenvalue weighted by Gasteiger charge is -2.35. The van der Waals surface area contributed by atoms with Crippen LogP contribution in [-0.2, 0) is 16.9 Å². The van der Waals surface area contributed by atoms with Gasteiger partial charge in [0, 0.05) is 19.2 Å². The minimum Gasteiger partial charge on any atom is -0.488 e. The van der Waals surface area contributed by atoms with Crippen molar-refractivity contribution in [3.63, 3.8) is 0 Å². The quantitative estimate of drug-likeness (QED) is 0.863. The molecule has 0 aromatic heterocycles. The number of benzene rings is 2. The zero-order valence-electron chi connectivity index (χ0n) is 13.5. The molecule has 0 radical (unpaired) electrons. The van der Waals surface area contributed by atoms with Gasteiger partial charge in [-0.05, 0) is 37.7 Å². The maximum atomic E-state index is 6.16. The SMILES string of the molecule is COC1(CCN(C)C)c2ccccc2COc2ccccc21. The van der Waals surface area contributed by atoms with Crippen molar-refractivity contribution in [1.82, 2.24) is 4.90 Å². The van der Waals surface area contributed by atoms with Crippen LogP contribution in [0, 0.1) is 0 Å². The molecule has 1 aliphatic heterocycles. The second kappa shape index (κ2) is 6.11. The van der Waals surface area contributed by atoms with Crippen molar-refractivity contribution in [3.05, 3.63) is 65.2 Å². The van der Waals surface area contributed by atoms with E-state index in [0.717, 1.165) is 24.3 Å². The molecule has 0 saturated heterocycles. The average Bonchev–Trinajstić information content (AvgIpc) is 2.68. The van der Waals surface area contributed by atoms with Crippen molar-refractivity contribution in [2.24, 2.45) is 0 Å². The second-order valence-corrected chi connectivity index (χ2v) is 6.03. The van der Waals surface area contributed by atoms with E-state index in [4.69, 9.17) is 9.47 Å². The minimum absolute atomic E-state index is 0.464. The van der Waals surface area contributed by atoms with Gasteiger partial charge in [-0.3, -0.25) is 0 Å². The highest BCUT2D eigenvalue weighted by Gasteiger charge is 2.40. The summed E-state index contributed by atoms with van der Waals surface area (Å²) in [4.78, 5) is 2.19. The smallest absolute Gasteiger partial charge is 0.126 e. The molecule has 2 aromatic rings. The monoisotopic (exact) mass is 297 g/mol. The van der Waals surface area contributed by atoms with E-state index in [1.165, 1.54) is 11.1 Å². The molecule has 22 heavy (non-hydrogen) atoms. The predicted molar refractivity (Wildman–Crippen MR) is 88.2 cm³/mol. The summed E-state index contributed by atoms with van der Waals surface area (Å²) in [5, 5.41) is 0. The lowest BCUT2D eigenvalue weighted by molar-refractivity contribution is 0.00891. The lowest BCUT2D eigenvalue weighted by atomic mass is 9.81. The maximum Gasteiger partial charge on any atom is 0.126 e. The van der Waals surface area contributed by atoms with Crippen molar-refractivity contribution < 1.29 is 9.47 Å². The zero-order chi connectivity index (χ0) is 15.6. The Hall–Kier alpha value is -1.84. The molecule has 2 aromatic carbocycles. The first kappa shape index (κ1) is 15.1. The van der Waals surface area contributed by atoms with Gasteiger partial charge < -0.3 is 14.4 Å². The molecule has 3 nitrogen and oxygen atoms in total. The van der Waals surface area contributed by atoms with E-state index in [-0.39, 0.29) is 0 Å². The molecular weight excluding hydrogens is 274 g/mol. The zero-order valence-corrected chi connectivity index (χ0v) is 13.5. The van der Waals surface area contributed by atoms with Gasteiger partial charge in [0.1, 0.15) is 18.0 Å². The van der Waals surface area contributed by atoms with Crippen LogP contribution < -0.4 is 4.74 Å². The van der Waals surface area contributed by atoms with Gasteiger partial charge in [-0.15, -0.1) is 0 Å². The molecule has 0 spiro atoms. The van der Waals surface area contributed by atoms with Gasteiger partial charge in [0.2, 0.25) is 0 Å². The van der Waals surface area contributed by atoms with Gasteiger partial charge >= 0.3 is 0 Å². The standard InChI is InChI=1S/C19H23NO2/c1-20(2)13-12-19(21-3)16-9-5-4-8-15(16)14-22-18-11-7-6-10-17(18)19/h4-11H,12-14H2,1-3H3. The van der Waals surface area contributed by atoms with E-state index < -0.39 is 5.60 Å². The van der Waals surface area contributed by atoms with Crippen molar-refractivity contribution in [2.45, 2.75) is 18.6 Å². The van der Waals surface area contributed by atoms with E-state index in [2.05, 4.69) is 55.4 Å². The van der Waals surface area contributed by atoms with Crippen LogP contribution in [-0.4, -0.2) is 32.6 Å². The Bertz CT molecular complexity index is 604. The van der Waals surface area contributed by atoms with Gasteiger partial charge in [-0.25, -0.2) is 0 Å². The molecule has 0 aliphatic carbocycles. The highest BCUT2D eigenvalue weighted by Crippen LogP contribution is 2.44. The summed E-state index contributed by atoms with van der Waals surface area (Å²) in [5.41, 5.74) is 3.06. The van der Waals surface area contributed by atoms with Crippen molar-refractivity contribution in [3.8, 4) is 5.75 Å². The first-order chi connectivity index (χ1) is 10.7. The number of methoxy groups -OCH3 is 1. The third-order valence-electron chi connectivity index (χ3n) is 4.42. The number of hydrogen-bond acceptors (Lipinski definition) is 3. The number of nitrogens with zero attached hydrogens (tertiary/aromatic N) is 1.